The quantitative estimate of drug-likeness (QED) is 0.438. The van der Waals surface area contributed by atoms with Gasteiger partial charge in [-0.2, -0.15) is 0 Å². The Bertz CT molecular complexity index is 963. The first-order valence-electron chi connectivity index (χ1n) is 9.68. The van der Waals surface area contributed by atoms with Crippen molar-refractivity contribution in [3.63, 3.8) is 0 Å². The molecule has 0 bridgehead atoms. The number of rotatable bonds is 6. The van der Waals surface area contributed by atoms with Crippen LogP contribution in [0.25, 0.3) is 5.76 Å². The predicted octanol–water partition coefficient (Wildman–Crippen LogP) is 4.01. The molecule has 6 nitrogen and oxygen atoms in total. The SMILES string of the molecule is CCCN1C(=O)C(=O)/C(=C(\O)c2cccc(OC(C)C)c2)C1c1cccc(O)c1. The second kappa shape index (κ2) is 8.39. The molecular formula is C23H25NO5. The van der Waals surface area contributed by atoms with E-state index in [9.17, 15) is 19.8 Å². The average molecular weight is 395 g/mol. The van der Waals surface area contributed by atoms with Gasteiger partial charge in [0, 0.05) is 12.1 Å². The van der Waals surface area contributed by atoms with Gasteiger partial charge in [-0.3, -0.25) is 9.59 Å². The Balaban J connectivity index is 2.15. The van der Waals surface area contributed by atoms with Crippen LogP contribution in [-0.2, 0) is 9.59 Å². The number of ether oxygens (including phenoxy) is 1. The van der Waals surface area contributed by atoms with Gasteiger partial charge in [0.15, 0.2) is 0 Å². The summed E-state index contributed by atoms with van der Waals surface area (Å²) < 4.78 is 5.67. The molecule has 1 fully saturated rings. The zero-order chi connectivity index (χ0) is 21.1. The highest BCUT2D eigenvalue weighted by molar-refractivity contribution is 6.46. The zero-order valence-electron chi connectivity index (χ0n) is 16.8. The fourth-order valence-electron chi connectivity index (χ4n) is 3.54. The third kappa shape index (κ3) is 4.11. The summed E-state index contributed by atoms with van der Waals surface area (Å²) in [5.41, 5.74) is 0.965. The van der Waals surface area contributed by atoms with Gasteiger partial charge < -0.3 is 19.8 Å². The lowest BCUT2D eigenvalue weighted by molar-refractivity contribution is -0.139. The minimum absolute atomic E-state index is 0.00995. The Hall–Kier alpha value is -3.28. The Morgan fingerprint density at radius 2 is 1.86 bits per heavy atom. The molecule has 0 aliphatic carbocycles. The summed E-state index contributed by atoms with van der Waals surface area (Å²) in [4.78, 5) is 26.9. The number of Topliss-reactive ketones (excluding diaryl/α,β-unsaturated/α-hetero) is 1. The highest BCUT2D eigenvalue weighted by Gasteiger charge is 2.45. The molecule has 2 aromatic rings. The number of amides is 1. The van der Waals surface area contributed by atoms with Crippen LogP contribution in [0.4, 0.5) is 0 Å². The Morgan fingerprint density at radius 1 is 1.14 bits per heavy atom. The number of aliphatic hydroxyl groups excluding tert-OH is 1. The highest BCUT2D eigenvalue weighted by Crippen LogP contribution is 2.40. The molecule has 2 N–H and O–H groups in total. The number of benzene rings is 2. The number of aromatic hydroxyl groups is 1. The van der Waals surface area contributed by atoms with Crippen molar-refractivity contribution in [1.29, 1.82) is 0 Å². The molecule has 0 radical (unpaired) electrons. The van der Waals surface area contributed by atoms with Crippen LogP contribution in [0.3, 0.4) is 0 Å². The molecule has 1 heterocycles. The fourth-order valence-corrected chi connectivity index (χ4v) is 3.54. The van der Waals surface area contributed by atoms with Crippen molar-refractivity contribution in [2.24, 2.45) is 0 Å². The molecule has 0 aromatic heterocycles. The van der Waals surface area contributed by atoms with Crippen LogP contribution in [0.2, 0.25) is 0 Å². The van der Waals surface area contributed by atoms with Gasteiger partial charge in [-0.1, -0.05) is 31.2 Å². The molecule has 3 rings (SSSR count). The monoisotopic (exact) mass is 395 g/mol. The number of aliphatic hydroxyl groups is 1. The van der Waals surface area contributed by atoms with E-state index < -0.39 is 17.7 Å². The Morgan fingerprint density at radius 3 is 2.52 bits per heavy atom. The van der Waals surface area contributed by atoms with Crippen molar-refractivity contribution < 1.29 is 24.5 Å². The molecule has 6 heteroatoms. The third-order valence-electron chi connectivity index (χ3n) is 4.67. The summed E-state index contributed by atoms with van der Waals surface area (Å²) in [5.74, 6) is -1.07. The predicted molar refractivity (Wildman–Crippen MR) is 110 cm³/mol. The normalized spacial score (nSPS) is 18.5. The van der Waals surface area contributed by atoms with E-state index in [4.69, 9.17) is 4.74 Å². The van der Waals surface area contributed by atoms with E-state index in [-0.39, 0.29) is 23.2 Å². The summed E-state index contributed by atoms with van der Waals surface area (Å²) in [5, 5.41) is 20.9. The van der Waals surface area contributed by atoms with Gasteiger partial charge in [-0.15, -0.1) is 0 Å². The van der Waals surface area contributed by atoms with Crippen LogP contribution < -0.4 is 4.74 Å². The van der Waals surface area contributed by atoms with E-state index >= 15 is 0 Å². The average Bonchev–Trinajstić information content (AvgIpc) is 2.92. The van der Waals surface area contributed by atoms with Crippen LogP contribution in [0, 0.1) is 0 Å². The lowest BCUT2D eigenvalue weighted by Gasteiger charge is -2.25. The maximum absolute atomic E-state index is 12.8. The minimum atomic E-state index is -0.767. The summed E-state index contributed by atoms with van der Waals surface area (Å²) in [6.45, 7) is 6.05. The molecule has 0 spiro atoms. The summed E-state index contributed by atoms with van der Waals surface area (Å²) >= 11 is 0. The Kier molecular flexibility index (Phi) is 5.92. The zero-order valence-corrected chi connectivity index (χ0v) is 16.8. The van der Waals surface area contributed by atoms with Crippen molar-refractivity contribution >= 4 is 17.4 Å². The van der Waals surface area contributed by atoms with E-state index in [1.807, 2.05) is 20.8 Å². The second-order valence-electron chi connectivity index (χ2n) is 7.28. The van der Waals surface area contributed by atoms with Crippen molar-refractivity contribution in [3.05, 3.63) is 65.2 Å². The number of nitrogens with zero attached hydrogens (tertiary/aromatic N) is 1. The van der Waals surface area contributed by atoms with Gasteiger partial charge in [0.1, 0.15) is 17.3 Å². The molecule has 1 atom stereocenters. The van der Waals surface area contributed by atoms with E-state index in [0.29, 0.717) is 29.8 Å². The van der Waals surface area contributed by atoms with Gasteiger partial charge in [-0.25, -0.2) is 0 Å². The molecule has 152 valence electrons. The molecule has 0 saturated carbocycles. The first-order valence-corrected chi connectivity index (χ1v) is 9.68. The van der Waals surface area contributed by atoms with Crippen molar-refractivity contribution in [2.75, 3.05) is 6.54 Å². The number of carbonyl (C=O) groups is 2. The van der Waals surface area contributed by atoms with Gasteiger partial charge in [0.05, 0.1) is 17.7 Å². The van der Waals surface area contributed by atoms with Crippen molar-refractivity contribution in [1.82, 2.24) is 4.90 Å². The molecule has 2 aromatic carbocycles. The standard InChI is InChI=1S/C23H25NO5/c1-4-11-24-20(15-7-5-9-17(25)12-15)19(22(27)23(24)28)21(26)16-8-6-10-18(13-16)29-14(2)3/h5-10,12-14,20,25-26H,4,11H2,1-3H3/b21-19-. The van der Waals surface area contributed by atoms with Crippen LogP contribution in [0.15, 0.2) is 54.1 Å². The van der Waals surface area contributed by atoms with Gasteiger partial charge >= 0.3 is 0 Å². The lowest BCUT2D eigenvalue weighted by Crippen LogP contribution is -2.30. The first kappa shape index (κ1) is 20.5. The number of phenolic OH excluding ortho intramolecular Hbond substituents is 1. The summed E-state index contributed by atoms with van der Waals surface area (Å²) in [6, 6.07) is 12.4. The minimum Gasteiger partial charge on any atom is -0.508 e. The molecule has 1 aliphatic heterocycles. The number of ketones is 1. The maximum Gasteiger partial charge on any atom is 0.295 e. The molecule has 1 amide bonds. The lowest BCUT2D eigenvalue weighted by atomic mass is 9.95. The Labute approximate surface area is 170 Å². The second-order valence-corrected chi connectivity index (χ2v) is 7.28. The largest absolute Gasteiger partial charge is 0.508 e. The fraction of sp³-hybridized carbons (Fsp3) is 0.304. The maximum atomic E-state index is 12.8. The number of likely N-dealkylation sites (tertiary alicyclic amines) is 1. The smallest absolute Gasteiger partial charge is 0.295 e. The van der Waals surface area contributed by atoms with E-state index in [1.54, 1.807) is 36.4 Å². The molecule has 1 saturated heterocycles. The highest BCUT2D eigenvalue weighted by atomic mass is 16.5. The molecule has 29 heavy (non-hydrogen) atoms. The number of carbonyl (C=O) groups excluding carboxylic acids is 2. The molecule has 1 aliphatic rings. The third-order valence-corrected chi connectivity index (χ3v) is 4.67. The van der Waals surface area contributed by atoms with Gasteiger partial charge in [-0.05, 0) is 50.1 Å². The molecule has 1 unspecified atom stereocenters. The molecular weight excluding hydrogens is 370 g/mol. The van der Waals surface area contributed by atoms with Crippen LogP contribution >= 0.6 is 0 Å². The van der Waals surface area contributed by atoms with Gasteiger partial charge in [0.2, 0.25) is 0 Å². The van der Waals surface area contributed by atoms with Crippen molar-refractivity contribution in [2.45, 2.75) is 39.3 Å². The van der Waals surface area contributed by atoms with E-state index in [1.165, 1.54) is 17.0 Å². The summed E-state index contributed by atoms with van der Waals surface area (Å²) in [7, 11) is 0. The van der Waals surface area contributed by atoms with E-state index in [0.717, 1.165) is 0 Å². The topological polar surface area (TPSA) is 87.1 Å². The van der Waals surface area contributed by atoms with Crippen molar-refractivity contribution in [3.8, 4) is 11.5 Å². The number of hydrogen-bond acceptors (Lipinski definition) is 5. The first-order chi connectivity index (χ1) is 13.8. The summed E-state index contributed by atoms with van der Waals surface area (Å²) in [6.07, 6.45) is 0.606. The van der Waals surface area contributed by atoms with Crippen LogP contribution in [-0.4, -0.2) is 39.5 Å². The van der Waals surface area contributed by atoms with E-state index in [2.05, 4.69) is 0 Å². The van der Waals surface area contributed by atoms with Crippen LogP contribution in [0.5, 0.6) is 11.5 Å². The van der Waals surface area contributed by atoms with Gasteiger partial charge in [0.25, 0.3) is 11.7 Å². The number of phenols is 1. The number of hydrogen-bond donors (Lipinski definition) is 2. The van der Waals surface area contributed by atoms with Crippen LogP contribution in [0.1, 0.15) is 44.4 Å².